The third kappa shape index (κ3) is 5.07. The molecular weight excluding hydrogens is 261 g/mol. The van der Waals surface area contributed by atoms with Crippen LogP contribution in [0.4, 0.5) is 13.2 Å². The molecule has 0 saturated heterocycles. The minimum absolute atomic E-state index is 0.0657. The molecule has 110 valence electrons. The Hall–Kier alpha value is -1.29. The van der Waals surface area contributed by atoms with Crippen LogP contribution in [0.3, 0.4) is 0 Å². The summed E-state index contributed by atoms with van der Waals surface area (Å²) >= 11 is 0. The molecule has 0 aliphatic carbocycles. The number of halogens is 3. The largest absolute Gasteiger partial charge is 0.480 e. The molecule has 19 heavy (non-hydrogen) atoms. The van der Waals surface area contributed by atoms with Crippen LogP contribution in [-0.4, -0.2) is 29.3 Å². The Morgan fingerprint density at radius 3 is 2.16 bits per heavy atom. The predicted molar refractivity (Wildman–Crippen MR) is 63.3 cm³/mol. The third-order valence-electron chi connectivity index (χ3n) is 3.00. The van der Waals surface area contributed by atoms with E-state index < -0.39 is 23.1 Å². The van der Waals surface area contributed by atoms with E-state index in [1.807, 2.05) is 5.32 Å². The van der Waals surface area contributed by atoms with Gasteiger partial charge in [-0.2, -0.15) is 18.4 Å². The van der Waals surface area contributed by atoms with Gasteiger partial charge < -0.3 is 5.11 Å². The van der Waals surface area contributed by atoms with Gasteiger partial charge in [-0.15, -0.1) is 0 Å². The Morgan fingerprint density at radius 1 is 1.26 bits per heavy atom. The maximum atomic E-state index is 12.6. The number of carboxylic acid groups (broad SMARTS) is 1. The number of alkyl halides is 3. The van der Waals surface area contributed by atoms with Crippen LogP contribution in [0.25, 0.3) is 0 Å². The smallest absolute Gasteiger partial charge is 0.417 e. The summed E-state index contributed by atoms with van der Waals surface area (Å²) in [4.78, 5) is 10.7. The Morgan fingerprint density at radius 2 is 1.79 bits per heavy atom. The van der Waals surface area contributed by atoms with Crippen molar-refractivity contribution in [3.8, 4) is 6.07 Å². The molecule has 0 aromatic heterocycles. The second-order valence-corrected chi connectivity index (χ2v) is 5.31. The molecule has 4 nitrogen and oxygen atoms in total. The van der Waals surface area contributed by atoms with Crippen LogP contribution in [0.5, 0.6) is 0 Å². The number of aliphatic carboxylic acids is 1. The summed E-state index contributed by atoms with van der Waals surface area (Å²) in [6.07, 6.45) is -3.36. The molecule has 0 spiro atoms. The van der Waals surface area contributed by atoms with Gasteiger partial charge in [-0.1, -0.05) is 6.42 Å². The average molecular weight is 280 g/mol. The number of unbranched alkanes of at least 4 members (excludes halogenated alkanes) is 1. The van der Waals surface area contributed by atoms with Gasteiger partial charge in [0.05, 0.1) is 11.5 Å². The van der Waals surface area contributed by atoms with Crippen LogP contribution in [0.2, 0.25) is 0 Å². The molecule has 0 aromatic carbocycles. The van der Waals surface area contributed by atoms with Gasteiger partial charge in [-0.05, 0) is 40.2 Å². The molecule has 0 heterocycles. The molecule has 1 unspecified atom stereocenters. The summed E-state index contributed by atoms with van der Waals surface area (Å²) < 4.78 is 37.9. The number of carbonyl (C=O) groups is 1. The average Bonchev–Trinajstić information content (AvgIpc) is 2.26. The number of hydrogen-bond acceptors (Lipinski definition) is 3. The van der Waals surface area contributed by atoms with E-state index in [-0.39, 0.29) is 6.54 Å². The topological polar surface area (TPSA) is 73.1 Å². The lowest BCUT2D eigenvalue weighted by atomic mass is 9.89. The van der Waals surface area contributed by atoms with E-state index in [9.17, 15) is 18.0 Å². The highest BCUT2D eigenvalue weighted by atomic mass is 19.4. The lowest BCUT2D eigenvalue weighted by molar-refractivity contribution is -0.205. The van der Waals surface area contributed by atoms with E-state index in [1.54, 1.807) is 13.8 Å². The second kappa shape index (κ2) is 6.24. The summed E-state index contributed by atoms with van der Waals surface area (Å²) in [6.45, 7) is 4.04. The van der Waals surface area contributed by atoms with Crippen molar-refractivity contribution in [2.45, 2.75) is 51.7 Å². The molecule has 0 bridgehead atoms. The fourth-order valence-corrected chi connectivity index (χ4v) is 1.38. The molecule has 7 heteroatoms. The van der Waals surface area contributed by atoms with E-state index in [1.165, 1.54) is 0 Å². The fraction of sp³-hybridized carbons (Fsp3) is 0.833. The van der Waals surface area contributed by atoms with Gasteiger partial charge in [-0.25, -0.2) is 4.79 Å². The maximum absolute atomic E-state index is 12.6. The van der Waals surface area contributed by atoms with E-state index in [0.29, 0.717) is 26.2 Å². The Labute approximate surface area is 110 Å². The zero-order chi connectivity index (χ0) is 15.3. The maximum Gasteiger partial charge on any atom is 0.417 e. The highest BCUT2D eigenvalue weighted by Gasteiger charge is 2.56. The van der Waals surface area contributed by atoms with Gasteiger partial charge >= 0.3 is 12.1 Å². The van der Waals surface area contributed by atoms with E-state index in [2.05, 4.69) is 6.07 Å². The van der Waals surface area contributed by atoms with Gasteiger partial charge in [0.1, 0.15) is 0 Å². The van der Waals surface area contributed by atoms with Crippen LogP contribution >= 0.6 is 0 Å². The SMILES string of the molecule is CC(C)(C#N)CCCCNC(C)(C(=O)O)C(F)(F)F. The highest BCUT2D eigenvalue weighted by molar-refractivity contribution is 5.79. The van der Waals surface area contributed by atoms with E-state index in [4.69, 9.17) is 10.4 Å². The number of hydrogen-bond donors (Lipinski definition) is 2. The summed E-state index contributed by atoms with van der Waals surface area (Å²) in [5, 5.41) is 19.5. The van der Waals surface area contributed by atoms with Crippen molar-refractivity contribution in [2.75, 3.05) is 6.54 Å². The summed E-state index contributed by atoms with van der Waals surface area (Å²) in [5.41, 5.74) is -3.45. The fourth-order valence-electron chi connectivity index (χ4n) is 1.38. The lowest BCUT2D eigenvalue weighted by Crippen LogP contribution is -2.60. The number of nitriles is 1. The minimum atomic E-state index is -4.86. The van der Waals surface area contributed by atoms with Crippen molar-refractivity contribution in [3.63, 3.8) is 0 Å². The summed E-state index contributed by atoms with van der Waals surface area (Å²) in [5.74, 6) is -1.95. The van der Waals surface area contributed by atoms with Crippen molar-refractivity contribution in [3.05, 3.63) is 0 Å². The van der Waals surface area contributed by atoms with Crippen LogP contribution in [0.15, 0.2) is 0 Å². The van der Waals surface area contributed by atoms with E-state index in [0.717, 1.165) is 0 Å². The molecule has 0 amide bonds. The predicted octanol–water partition coefficient (Wildman–Crippen LogP) is 2.70. The van der Waals surface area contributed by atoms with Crippen LogP contribution in [-0.2, 0) is 4.79 Å². The first-order valence-corrected chi connectivity index (χ1v) is 5.93. The van der Waals surface area contributed by atoms with Gasteiger partial charge in [0.15, 0.2) is 0 Å². The van der Waals surface area contributed by atoms with Crippen molar-refractivity contribution in [1.29, 1.82) is 5.26 Å². The van der Waals surface area contributed by atoms with Crippen molar-refractivity contribution in [2.24, 2.45) is 5.41 Å². The van der Waals surface area contributed by atoms with E-state index >= 15 is 0 Å². The standard InChI is InChI=1S/C12H19F3N2O2/c1-10(2,8-16)6-4-5-7-17-11(3,9(18)19)12(13,14)15/h17H,4-7H2,1-3H3,(H,18,19). The Bertz CT molecular complexity index is 361. The van der Waals surface area contributed by atoms with Gasteiger partial charge in [0, 0.05) is 0 Å². The molecule has 0 rings (SSSR count). The first kappa shape index (κ1) is 17.7. The molecule has 0 aliphatic heterocycles. The van der Waals surface area contributed by atoms with Crippen molar-refractivity contribution in [1.82, 2.24) is 5.32 Å². The Balaban J connectivity index is 4.26. The molecule has 0 fully saturated rings. The first-order chi connectivity index (χ1) is 8.46. The molecule has 0 saturated carbocycles. The zero-order valence-electron chi connectivity index (χ0n) is 11.3. The number of rotatable bonds is 7. The lowest BCUT2D eigenvalue weighted by Gasteiger charge is -2.28. The second-order valence-electron chi connectivity index (χ2n) is 5.31. The van der Waals surface area contributed by atoms with Crippen LogP contribution in [0, 0.1) is 16.7 Å². The Kier molecular flexibility index (Phi) is 5.82. The number of nitrogens with one attached hydrogen (secondary N) is 1. The molecule has 0 aliphatic rings. The van der Waals surface area contributed by atoms with Crippen LogP contribution < -0.4 is 5.32 Å². The third-order valence-corrected chi connectivity index (χ3v) is 3.00. The van der Waals surface area contributed by atoms with Gasteiger partial charge in [0.25, 0.3) is 0 Å². The first-order valence-electron chi connectivity index (χ1n) is 5.93. The molecule has 2 N–H and O–H groups in total. The molecular formula is C12H19F3N2O2. The normalized spacial score (nSPS) is 15.6. The summed E-state index contributed by atoms with van der Waals surface area (Å²) in [7, 11) is 0. The quantitative estimate of drug-likeness (QED) is 0.703. The van der Waals surface area contributed by atoms with Gasteiger partial charge in [-0.3, -0.25) is 5.32 Å². The van der Waals surface area contributed by atoms with Crippen molar-refractivity contribution < 1.29 is 23.1 Å². The zero-order valence-corrected chi connectivity index (χ0v) is 11.3. The van der Waals surface area contributed by atoms with Crippen molar-refractivity contribution >= 4 is 5.97 Å². The summed E-state index contributed by atoms with van der Waals surface area (Å²) in [6, 6.07) is 2.10. The minimum Gasteiger partial charge on any atom is -0.480 e. The molecule has 0 aromatic rings. The molecule has 1 atom stereocenters. The van der Waals surface area contributed by atoms with Crippen LogP contribution in [0.1, 0.15) is 40.0 Å². The molecule has 0 radical (unpaired) electrons. The number of carboxylic acids is 1. The number of nitrogens with zero attached hydrogens (tertiary/aromatic N) is 1. The monoisotopic (exact) mass is 280 g/mol. The highest BCUT2D eigenvalue weighted by Crippen LogP contribution is 2.30. The van der Waals surface area contributed by atoms with Gasteiger partial charge in [0.2, 0.25) is 5.54 Å².